The van der Waals surface area contributed by atoms with Crippen molar-refractivity contribution in [1.29, 1.82) is 5.26 Å². The summed E-state index contributed by atoms with van der Waals surface area (Å²) in [5.41, 5.74) is 3.79. The molecular weight excluding hydrogens is 276 g/mol. The number of nitriles is 1. The maximum atomic E-state index is 12.7. The van der Waals surface area contributed by atoms with Crippen LogP contribution in [-0.4, -0.2) is 23.2 Å². The minimum atomic E-state index is -0.107. The fraction of sp³-hybridized carbons (Fsp3) is 0.294. The lowest BCUT2D eigenvalue weighted by Crippen LogP contribution is -2.23. The van der Waals surface area contributed by atoms with Crippen LogP contribution in [0.1, 0.15) is 23.4 Å². The Labute approximate surface area is 129 Å². The summed E-state index contributed by atoms with van der Waals surface area (Å²) in [7, 11) is 5.56. The molecule has 1 heterocycles. The molecule has 0 radical (unpaired) electrons. The zero-order valence-electron chi connectivity index (χ0n) is 13.0. The largest absolute Gasteiger partial charge is 0.377 e. The van der Waals surface area contributed by atoms with Gasteiger partial charge in [0.2, 0.25) is 0 Å². The first-order chi connectivity index (χ1) is 10.6. The Hall–Kier alpha value is -2.74. The van der Waals surface area contributed by atoms with Gasteiger partial charge < -0.3 is 4.90 Å². The quantitative estimate of drug-likeness (QED) is 0.852. The van der Waals surface area contributed by atoms with Crippen LogP contribution in [0.25, 0.3) is 11.8 Å². The fourth-order valence-corrected chi connectivity index (χ4v) is 2.99. The molecule has 22 heavy (non-hydrogen) atoms. The average molecular weight is 294 g/mol. The molecular formula is C17H18N4O. The van der Waals surface area contributed by atoms with Crippen molar-refractivity contribution in [1.82, 2.24) is 9.13 Å². The van der Waals surface area contributed by atoms with Crippen LogP contribution in [0.3, 0.4) is 0 Å². The third-order valence-corrected chi connectivity index (χ3v) is 4.08. The number of benzene rings is 1. The molecule has 2 aromatic rings. The molecule has 112 valence electrons. The van der Waals surface area contributed by atoms with Crippen molar-refractivity contribution in [3.63, 3.8) is 0 Å². The topological polar surface area (TPSA) is 54.0 Å². The Balaban J connectivity index is 2.35. The molecule has 0 unspecified atom stereocenters. The standard InChI is InChI=1S/C17H18N4O/c1-19(2)13-9-6-10-14(12(13)11-18)21-16-8-5-4-7-15(16)20(3)17(21)22/h4,6-7,9-10H,5,8H2,1-3H3. The van der Waals surface area contributed by atoms with Gasteiger partial charge in [0, 0.05) is 21.1 Å². The van der Waals surface area contributed by atoms with E-state index < -0.39 is 0 Å². The number of hydrogen-bond donors (Lipinski definition) is 0. The predicted octanol–water partition coefficient (Wildman–Crippen LogP) is 2.07. The van der Waals surface area contributed by atoms with E-state index in [1.54, 1.807) is 16.2 Å². The normalized spacial score (nSPS) is 12.8. The van der Waals surface area contributed by atoms with Crippen molar-refractivity contribution in [2.24, 2.45) is 7.05 Å². The highest BCUT2D eigenvalue weighted by atomic mass is 16.1. The van der Waals surface area contributed by atoms with Crippen molar-refractivity contribution in [3.05, 3.63) is 51.7 Å². The molecule has 0 N–H and O–H groups in total. The summed E-state index contributed by atoms with van der Waals surface area (Å²) < 4.78 is 3.33. The smallest absolute Gasteiger partial charge is 0.333 e. The molecule has 0 atom stereocenters. The monoisotopic (exact) mass is 294 g/mol. The number of imidazole rings is 1. The van der Waals surface area contributed by atoms with Crippen LogP contribution in [0.15, 0.2) is 29.1 Å². The molecule has 5 nitrogen and oxygen atoms in total. The number of anilines is 1. The average Bonchev–Trinajstić information content (AvgIpc) is 2.78. The van der Waals surface area contributed by atoms with Gasteiger partial charge in [-0.05, 0) is 31.1 Å². The molecule has 1 aliphatic carbocycles. The molecule has 5 heteroatoms. The lowest BCUT2D eigenvalue weighted by molar-refractivity contribution is 0.810. The molecule has 0 aliphatic heterocycles. The van der Waals surface area contributed by atoms with Crippen LogP contribution in [0, 0.1) is 11.3 Å². The predicted molar refractivity (Wildman–Crippen MR) is 87.4 cm³/mol. The molecule has 1 aliphatic rings. The van der Waals surface area contributed by atoms with Crippen molar-refractivity contribution in [3.8, 4) is 11.8 Å². The first-order valence-corrected chi connectivity index (χ1v) is 7.24. The van der Waals surface area contributed by atoms with Crippen molar-refractivity contribution < 1.29 is 0 Å². The highest BCUT2D eigenvalue weighted by Gasteiger charge is 2.22. The van der Waals surface area contributed by atoms with Crippen molar-refractivity contribution >= 4 is 11.8 Å². The zero-order chi connectivity index (χ0) is 15.9. The van der Waals surface area contributed by atoms with E-state index in [9.17, 15) is 10.1 Å². The van der Waals surface area contributed by atoms with Gasteiger partial charge in [0.1, 0.15) is 6.07 Å². The number of hydrogen-bond acceptors (Lipinski definition) is 3. The Morgan fingerprint density at radius 3 is 2.77 bits per heavy atom. The molecule has 0 amide bonds. The minimum absolute atomic E-state index is 0.107. The molecule has 0 saturated heterocycles. The summed E-state index contributed by atoms with van der Waals surface area (Å²) in [5, 5.41) is 9.60. The minimum Gasteiger partial charge on any atom is -0.377 e. The second-order valence-corrected chi connectivity index (χ2v) is 5.63. The van der Waals surface area contributed by atoms with E-state index in [1.807, 2.05) is 43.3 Å². The summed E-state index contributed by atoms with van der Waals surface area (Å²) in [6.45, 7) is 0. The maximum Gasteiger partial charge on any atom is 0.333 e. The third kappa shape index (κ3) is 1.96. The van der Waals surface area contributed by atoms with E-state index in [0.717, 1.165) is 29.9 Å². The SMILES string of the molecule is CN(C)c1cccc(-n2c3c(n(C)c2=O)C=CCC3)c1C#N. The summed E-state index contributed by atoms with van der Waals surface area (Å²) in [6, 6.07) is 7.87. The van der Waals surface area contributed by atoms with Crippen LogP contribution < -0.4 is 10.6 Å². The summed E-state index contributed by atoms with van der Waals surface area (Å²) >= 11 is 0. The van der Waals surface area contributed by atoms with Gasteiger partial charge in [0.05, 0.1) is 28.3 Å². The van der Waals surface area contributed by atoms with E-state index >= 15 is 0 Å². The molecule has 0 spiro atoms. The summed E-state index contributed by atoms with van der Waals surface area (Å²) in [4.78, 5) is 14.6. The summed E-state index contributed by atoms with van der Waals surface area (Å²) in [6.07, 6.45) is 5.77. The van der Waals surface area contributed by atoms with Crippen molar-refractivity contribution in [2.45, 2.75) is 12.8 Å². The van der Waals surface area contributed by atoms with Crippen LogP contribution >= 0.6 is 0 Å². The van der Waals surface area contributed by atoms with Crippen molar-refractivity contribution in [2.75, 3.05) is 19.0 Å². The number of nitrogens with zero attached hydrogens (tertiary/aromatic N) is 4. The maximum absolute atomic E-state index is 12.7. The number of aromatic nitrogens is 2. The number of allylic oxidation sites excluding steroid dienone is 1. The molecule has 0 bridgehead atoms. The van der Waals surface area contributed by atoms with E-state index in [0.29, 0.717) is 11.3 Å². The molecule has 3 rings (SSSR count). The Morgan fingerprint density at radius 1 is 1.32 bits per heavy atom. The third-order valence-electron chi connectivity index (χ3n) is 4.08. The first-order valence-electron chi connectivity index (χ1n) is 7.24. The Morgan fingerprint density at radius 2 is 2.09 bits per heavy atom. The van der Waals surface area contributed by atoms with Crippen LogP contribution in [0.2, 0.25) is 0 Å². The van der Waals surface area contributed by atoms with Crippen LogP contribution in [0.4, 0.5) is 5.69 Å². The molecule has 1 aromatic heterocycles. The number of fused-ring (bicyclic) bond motifs is 1. The second-order valence-electron chi connectivity index (χ2n) is 5.63. The molecule has 0 saturated carbocycles. The van der Waals surface area contributed by atoms with E-state index in [4.69, 9.17) is 0 Å². The highest BCUT2D eigenvalue weighted by Crippen LogP contribution is 2.27. The Kier molecular flexibility index (Phi) is 3.38. The molecule has 1 aromatic carbocycles. The van der Waals surface area contributed by atoms with Gasteiger partial charge in [-0.15, -0.1) is 0 Å². The lowest BCUT2D eigenvalue weighted by Gasteiger charge is -2.18. The van der Waals surface area contributed by atoms with Gasteiger partial charge in [-0.3, -0.25) is 9.13 Å². The zero-order valence-corrected chi connectivity index (χ0v) is 13.0. The van der Waals surface area contributed by atoms with E-state index in [2.05, 4.69) is 12.1 Å². The van der Waals surface area contributed by atoms with Crippen LogP contribution in [-0.2, 0) is 13.5 Å². The molecule has 0 fully saturated rings. The van der Waals surface area contributed by atoms with E-state index in [1.165, 1.54) is 0 Å². The van der Waals surface area contributed by atoms with Gasteiger partial charge in [0.15, 0.2) is 0 Å². The highest BCUT2D eigenvalue weighted by molar-refractivity contribution is 5.68. The lowest BCUT2D eigenvalue weighted by atomic mass is 10.1. The van der Waals surface area contributed by atoms with Gasteiger partial charge in [-0.2, -0.15) is 5.26 Å². The van der Waals surface area contributed by atoms with Crippen LogP contribution in [0.5, 0.6) is 0 Å². The number of rotatable bonds is 2. The van der Waals surface area contributed by atoms with Gasteiger partial charge in [-0.1, -0.05) is 12.1 Å². The second kappa shape index (κ2) is 5.23. The first kappa shape index (κ1) is 14.2. The summed E-state index contributed by atoms with van der Waals surface area (Å²) in [5.74, 6) is 0. The van der Waals surface area contributed by atoms with Gasteiger partial charge >= 0.3 is 5.69 Å². The van der Waals surface area contributed by atoms with Gasteiger partial charge in [-0.25, -0.2) is 4.79 Å². The Bertz CT molecular complexity index is 862. The van der Waals surface area contributed by atoms with E-state index in [-0.39, 0.29) is 5.69 Å². The fourth-order valence-electron chi connectivity index (χ4n) is 2.99. The van der Waals surface area contributed by atoms with Gasteiger partial charge in [0.25, 0.3) is 0 Å².